The van der Waals surface area contributed by atoms with E-state index in [0.717, 1.165) is 0 Å². The number of nitrogens with two attached hydrogens (primary N) is 1. The lowest BCUT2D eigenvalue weighted by atomic mass is 9.99. The van der Waals surface area contributed by atoms with Crippen LogP contribution < -0.4 is 5.73 Å². The van der Waals surface area contributed by atoms with Crippen molar-refractivity contribution < 1.29 is 14.9 Å². The first-order valence-electron chi connectivity index (χ1n) is 3.86. The standard InChI is InChI=1S/C7H15NO3/c1-4-2-5(9)7(10)6(3-8)11-4/h4-7,9-10H,2-3,8H2,1H3/t4?,5-,6-,7-/m1/s1. The molecule has 0 saturated carbocycles. The molecule has 4 nitrogen and oxygen atoms in total. The predicted octanol–water partition coefficient (Wildman–Crippen LogP) is -1.16. The minimum absolute atomic E-state index is 0.0121. The molecule has 0 amide bonds. The Morgan fingerprint density at radius 3 is 2.73 bits per heavy atom. The summed E-state index contributed by atoms with van der Waals surface area (Å²) >= 11 is 0. The average molecular weight is 161 g/mol. The van der Waals surface area contributed by atoms with Gasteiger partial charge in [-0.05, 0) is 6.92 Å². The molecule has 1 aliphatic heterocycles. The van der Waals surface area contributed by atoms with Gasteiger partial charge < -0.3 is 20.7 Å². The topological polar surface area (TPSA) is 75.7 Å². The maximum Gasteiger partial charge on any atom is 0.107 e. The zero-order chi connectivity index (χ0) is 8.43. The normalized spacial score (nSPS) is 45.8. The summed E-state index contributed by atoms with van der Waals surface area (Å²) in [6.07, 6.45) is -1.45. The summed E-state index contributed by atoms with van der Waals surface area (Å²) in [7, 11) is 0. The molecule has 0 bridgehead atoms. The van der Waals surface area contributed by atoms with Crippen LogP contribution in [0.2, 0.25) is 0 Å². The van der Waals surface area contributed by atoms with E-state index in [2.05, 4.69) is 0 Å². The Morgan fingerprint density at radius 1 is 1.55 bits per heavy atom. The Labute approximate surface area is 66.0 Å². The molecule has 1 unspecified atom stereocenters. The first-order valence-corrected chi connectivity index (χ1v) is 3.86. The maximum absolute atomic E-state index is 9.30. The van der Waals surface area contributed by atoms with Crippen molar-refractivity contribution in [2.75, 3.05) is 6.54 Å². The van der Waals surface area contributed by atoms with Crippen molar-refractivity contribution in [1.29, 1.82) is 0 Å². The number of ether oxygens (including phenoxy) is 1. The molecule has 0 aromatic rings. The van der Waals surface area contributed by atoms with Gasteiger partial charge in [0.1, 0.15) is 6.10 Å². The largest absolute Gasteiger partial charge is 0.390 e. The van der Waals surface area contributed by atoms with E-state index in [9.17, 15) is 10.2 Å². The van der Waals surface area contributed by atoms with Crippen molar-refractivity contribution in [2.24, 2.45) is 5.73 Å². The summed E-state index contributed by atoms with van der Waals surface area (Å²) in [6.45, 7) is 2.11. The quantitative estimate of drug-likeness (QED) is 0.453. The second-order valence-corrected chi connectivity index (χ2v) is 3.01. The van der Waals surface area contributed by atoms with Gasteiger partial charge in [0, 0.05) is 13.0 Å². The van der Waals surface area contributed by atoms with Crippen LogP contribution in [-0.4, -0.2) is 41.2 Å². The van der Waals surface area contributed by atoms with Crippen LogP contribution in [0.5, 0.6) is 0 Å². The number of aliphatic hydroxyl groups excluding tert-OH is 2. The van der Waals surface area contributed by atoms with Gasteiger partial charge in [0.25, 0.3) is 0 Å². The third kappa shape index (κ3) is 1.90. The molecule has 1 saturated heterocycles. The van der Waals surface area contributed by atoms with Crippen molar-refractivity contribution in [2.45, 2.75) is 37.8 Å². The molecule has 1 rings (SSSR count). The van der Waals surface area contributed by atoms with Crippen LogP contribution in [0.4, 0.5) is 0 Å². The van der Waals surface area contributed by atoms with Crippen LogP contribution in [0, 0.1) is 0 Å². The molecule has 1 fully saturated rings. The molecule has 0 aliphatic carbocycles. The van der Waals surface area contributed by atoms with Gasteiger partial charge >= 0.3 is 0 Å². The molecule has 11 heavy (non-hydrogen) atoms. The van der Waals surface area contributed by atoms with Crippen molar-refractivity contribution in [3.8, 4) is 0 Å². The van der Waals surface area contributed by atoms with Crippen molar-refractivity contribution >= 4 is 0 Å². The highest BCUT2D eigenvalue weighted by Gasteiger charge is 2.33. The van der Waals surface area contributed by atoms with E-state index in [1.807, 2.05) is 6.92 Å². The summed E-state index contributed by atoms with van der Waals surface area (Å²) < 4.78 is 5.28. The Balaban J connectivity index is 2.51. The monoisotopic (exact) mass is 161 g/mol. The van der Waals surface area contributed by atoms with E-state index in [0.29, 0.717) is 6.42 Å². The van der Waals surface area contributed by atoms with Crippen LogP contribution in [0.15, 0.2) is 0 Å². The van der Waals surface area contributed by atoms with E-state index >= 15 is 0 Å². The maximum atomic E-state index is 9.30. The second kappa shape index (κ2) is 3.49. The molecule has 0 spiro atoms. The predicted molar refractivity (Wildman–Crippen MR) is 40.0 cm³/mol. The van der Waals surface area contributed by atoms with E-state index in [1.165, 1.54) is 0 Å². The fourth-order valence-electron chi connectivity index (χ4n) is 1.36. The van der Waals surface area contributed by atoms with Crippen LogP contribution in [0.1, 0.15) is 13.3 Å². The van der Waals surface area contributed by atoms with E-state index < -0.39 is 18.3 Å². The first kappa shape index (κ1) is 8.93. The number of hydrogen-bond donors (Lipinski definition) is 3. The lowest BCUT2D eigenvalue weighted by Crippen LogP contribution is -2.50. The van der Waals surface area contributed by atoms with Gasteiger partial charge in [0.15, 0.2) is 0 Å². The molecular weight excluding hydrogens is 146 g/mol. The van der Waals surface area contributed by atoms with Crippen LogP contribution in [0.25, 0.3) is 0 Å². The smallest absolute Gasteiger partial charge is 0.107 e. The molecule has 4 heteroatoms. The third-order valence-corrected chi connectivity index (χ3v) is 1.99. The molecule has 4 atom stereocenters. The minimum Gasteiger partial charge on any atom is -0.390 e. The van der Waals surface area contributed by atoms with Crippen molar-refractivity contribution in [3.05, 3.63) is 0 Å². The number of rotatable bonds is 1. The lowest BCUT2D eigenvalue weighted by molar-refractivity contribution is -0.159. The molecule has 1 heterocycles. The van der Waals surface area contributed by atoms with Gasteiger partial charge in [-0.3, -0.25) is 0 Å². The molecule has 0 aromatic heterocycles. The lowest BCUT2D eigenvalue weighted by Gasteiger charge is -2.35. The average Bonchev–Trinajstić information content (AvgIpc) is 1.96. The van der Waals surface area contributed by atoms with E-state index in [1.54, 1.807) is 0 Å². The fourth-order valence-corrected chi connectivity index (χ4v) is 1.36. The third-order valence-electron chi connectivity index (χ3n) is 1.99. The summed E-state index contributed by atoms with van der Waals surface area (Å²) in [6, 6.07) is 0. The molecule has 0 aromatic carbocycles. The SMILES string of the molecule is CC1C[C@@H](O)[C@@H](O)[C@@H](CN)O1. The fraction of sp³-hybridized carbons (Fsp3) is 1.00. The zero-order valence-electron chi connectivity index (χ0n) is 6.60. The van der Waals surface area contributed by atoms with Crippen molar-refractivity contribution in [3.63, 3.8) is 0 Å². The van der Waals surface area contributed by atoms with Gasteiger partial charge in [-0.1, -0.05) is 0 Å². The summed E-state index contributed by atoms with van der Waals surface area (Å²) in [4.78, 5) is 0. The van der Waals surface area contributed by atoms with Gasteiger partial charge in [-0.2, -0.15) is 0 Å². The summed E-state index contributed by atoms with van der Waals surface area (Å²) in [5.74, 6) is 0. The Morgan fingerprint density at radius 2 is 2.18 bits per heavy atom. The van der Waals surface area contributed by atoms with Crippen LogP contribution in [0.3, 0.4) is 0 Å². The highest BCUT2D eigenvalue weighted by atomic mass is 16.5. The minimum atomic E-state index is -0.823. The molecule has 1 aliphatic rings. The number of hydrogen-bond acceptors (Lipinski definition) is 4. The first-order chi connectivity index (χ1) is 5.15. The Kier molecular flexibility index (Phi) is 2.84. The zero-order valence-corrected chi connectivity index (χ0v) is 6.60. The van der Waals surface area contributed by atoms with Crippen molar-refractivity contribution in [1.82, 2.24) is 0 Å². The summed E-state index contributed by atoms with van der Waals surface area (Å²) in [5.41, 5.74) is 5.32. The van der Waals surface area contributed by atoms with Crippen LogP contribution >= 0.6 is 0 Å². The van der Waals surface area contributed by atoms with Gasteiger partial charge in [-0.15, -0.1) is 0 Å². The Hall–Kier alpha value is -0.160. The molecular formula is C7H15NO3. The highest BCUT2D eigenvalue weighted by Crippen LogP contribution is 2.18. The van der Waals surface area contributed by atoms with E-state index in [-0.39, 0.29) is 12.6 Å². The summed E-state index contributed by atoms with van der Waals surface area (Å²) in [5, 5.41) is 18.6. The molecule has 4 N–H and O–H groups in total. The van der Waals surface area contributed by atoms with Gasteiger partial charge in [0.05, 0.1) is 18.3 Å². The molecule has 0 radical (unpaired) electrons. The van der Waals surface area contributed by atoms with E-state index in [4.69, 9.17) is 10.5 Å². The highest BCUT2D eigenvalue weighted by molar-refractivity contribution is 4.84. The van der Waals surface area contributed by atoms with Gasteiger partial charge in [0.2, 0.25) is 0 Å². The molecule has 66 valence electrons. The second-order valence-electron chi connectivity index (χ2n) is 3.01. The Bertz CT molecular complexity index is 131. The number of aliphatic hydroxyl groups is 2. The van der Waals surface area contributed by atoms with Crippen LogP contribution in [-0.2, 0) is 4.74 Å². The van der Waals surface area contributed by atoms with Gasteiger partial charge in [-0.25, -0.2) is 0 Å².